The Morgan fingerprint density at radius 3 is 2.29 bits per heavy atom. The van der Waals surface area contributed by atoms with E-state index in [2.05, 4.69) is 0 Å². The molecule has 1 saturated carbocycles. The Labute approximate surface area is 79.3 Å². The summed E-state index contributed by atoms with van der Waals surface area (Å²) in [6.07, 6.45) is -5.33. The van der Waals surface area contributed by atoms with Gasteiger partial charge >= 0.3 is 12.1 Å². The molecule has 1 amide bonds. The van der Waals surface area contributed by atoms with Gasteiger partial charge in [0.15, 0.2) is 0 Å². The summed E-state index contributed by atoms with van der Waals surface area (Å²) in [7, 11) is 0. The van der Waals surface area contributed by atoms with E-state index in [0.717, 1.165) is 0 Å². The Kier molecular flexibility index (Phi) is 2.51. The zero-order valence-corrected chi connectivity index (χ0v) is 7.85. The van der Waals surface area contributed by atoms with Crippen molar-refractivity contribution in [3.63, 3.8) is 0 Å². The summed E-state index contributed by atoms with van der Waals surface area (Å²) in [5.74, 6) is -1.94. The van der Waals surface area contributed by atoms with Gasteiger partial charge in [-0.15, -0.1) is 0 Å². The fourth-order valence-electron chi connectivity index (χ4n) is 1.39. The molecule has 2 N–H and O–H groups in total. The molecule has 0 heterocycles. The van der Waals surface area contributed by atoms with Crippen LogP contribution < -0.4 is 5.32 Å². The molecule has 1 fully saturated rings. The van der Waals surface area contributed by atoms with Gasteiger partial charge in [0.05, 0.1) is 6.10 Å². The monoisotopic (exact) mass is 211 g/mol. The number of amides is 1. The lowest BCUT2D eigenvalue weighted by Crippen LogP contribution is -2.62. The number of rotatable bonds is 1. The highest BCUT2D eigenvalue weighted by Crippen LogP contribution is 2.40. The molecule has 3 nitrogen and oxygen atoms in total. The van der Waals surface area contributed by atoms with Crippen LogP contribution in [0.25, 0.3) is 0 Å². The number of hydrogen-bond donors (Lipinski definition) is 2. The van der Waals surface area contributed by atoms with Crippen LogP contribution >= 0.6 is 0 Å². The minimum Gasteiger partial charge on any atom is -0.392 e. The van der Waals surface area contributed by atoms with Crippen molar-refractivity contribution in [3.05, 3.63) is 0 Å². The molecule has 14 heavy (non-hydrogen) atoms. The van der Waals surface area contributed by atoms with Crippen LogP contribution in [0.3, 0.4) is 0 Å². The van der Waals surface area contributed by atoms with E-state index in [0.29, 0.717) is 0 Å². The molecule has 0 spiro atoms. The Morgan fingerprint density at radius 2 is 2.00 bits per heavy atom. The van der Waals surface area contributed by atoms with Gasteiger partial charge in [-0.1, -0.05) is 13.8 Å². The predicted molar refractivity (Wildman–Crippen MR) is 42.4 cm³/mol. The molecular weight excluding hydrogens is 199 g/mol. The molecule has 0 aromatic heterocycles. The topological polar surface area (TPSA) is 49.3 Å². The van der Waals surface area contributed by atoms with Gasteiger partial charge in [0, 0.05) is 11.5 Å². The van der Waals surface area contributed by atoms with Gasteiger partial charge in [0.2, 0.25) is 0 Å². The average Bonchev–Trinajstić information content (AvgIpc) is 2.02. The van der Waals surface area contributed by atoms with Crippen molar-refractivity contribution in [1.82, 2.24) is 5.32 Å². The number of nitrogens with one attached hydrogen (secondary N) is 1. The first-order valence-corrected chi connectivity index (χ1v) is 4.21. The molecule has 0 aromatic rings. The third-order valence-corrected chi connectivity index (χ3v) is 2.78. The van der Waals surface area contributed by atoms with Crippen LogP contribution in [0.5, 0.6) is 0 Å². The van der Waals surface area contributed by atoms with E-state index in [4.69, 9.17) is 0 Å². The highest BCUT2D eigenvalue weighted by atomic mass is 19.4. The van der Waals surface area contributed by atoms with Crippen molar-refractivity contribution in [1.29, 1.82) is 0 Å². The fourth-order valence-corrected chi connectivity index (χ4v) is 1.39. The van der Waals surface area contributed by atoms with E-state index in [1.807, 2.05) is 5.32 Å². The number of aliphatic hydroxyl groups excluding tert-OH is 1. The van der Waals surface area contributed by atoms with E-state index < -0.39 is 29.6 Å². The molecular formula is C8H12F3NO2. The molecule has 0 bridgehead atoms. The zero-order chi connectivity index (χ0) is 11.1. The van der Waals surface area contributed by atoms with Gasteiger partial charge < -0.3 is 10.4 Å². The number of halogens is 3. The van der Waals surface area contributed by atoms with Crippen molar-refractivity contribution >= 4 is 5.91 Å². The molecule has 2 unspecified atom stereocenters. The van der Waals surface area contributed by atoms with E-state index in [9.17, 15) is 23.1 Å². The minimum absolute atomic E-state index is 0.175. The largest absolute Gasteiger partial charge is 0.471 e. The standard InChI is InChI=1S/C8H12F3NO2/c1-7(2)4(3-5(7)13)12-6(14)8(9,10)11/h4-5,13H,3H2,1-2H3,(H,12,14). The third kappa shape index (κ3) is 1.84. The summed E-state index contributed by atoms with van der Waals surface area (Å²) >= 11 is 0. The van der Waals surface area contributed by atoms with Crippen LogP contribution in [0.2, 0.25) is 0 Å². The van der Waals surface area contributed by atoms with Crippen molar-refractivity contribution < 1.29 is 23.1 Å². The SMILES string of the molecule is CC1(C)C(O)CC1NC(=O)C(F)(F)F. The fraction of sp³-hybridized carbons (Fsp3) is 0.875. The van der Waals surface area contributed by atoms with Crippen LogP contribution in [-0.2, 0) is 4.79 Å². The second-order valence-corrected chi connectivity index (χ2v) is 4.10. The van der Waals surface area contributed by atoms with Gasteiger partial charge in [0.25, 0.3) is 0 Å². The Balaban J connectivity index is 2.53. The van der Waals surface area contributed by atoms with Crippen LogP contribution in [0.15, 0.2) is 0 Å². The maximum absolute atomic E-state index is 11.8. The lowest BCUT2D eigenvalue weighted by atomic mass is 9.64. The van der Waals surface area contributed by atoms with Crippen LogP contribution in [0.1, 0.15) is 20.3 Å². The van der Waals surface area contributed by atoms with Crippen molar-refractivity contribution in [2.45, 2.75) is 38.6 Å². The van der Waals surface area contributed by atoms with E-state index >= 15 is 0 Å². The smallest absolute Gasteiger partial charge is 0.392 e. The lowest BCUT2D eigenvalue weighted by molar-refractivity contribution is -0.179. The molecule has 1 aliphatic carbocycles. The van der Waals surface area contributed by atoms with Gasteiger partial charge in [-0.3, -0.25) is 4.79 Å². The Bertz CT molecular complexity index is 249. The molecule has 2 atom stereocenters. The highest BCUT2D eigenvalue weighted by Gasteiger charge is 2.51. The second kappa shape index (κ2) is 3.12. The van der Waals surface area contributed by atoms with Crippen molar-refractivity contribution in [2.24, 2.45) is 5.41 Å². The van der Waals surface area contributed by atoms with E-state index in [1.165, 1.54) is 0 Å². The van der Waals surface area contributed by atoms with Gasteiger partial charge in [0.1, 0.15) is 0 Å². The number of carbonyl (C=O) groups excluding carboxylic acids is 1. The Hall–Kier alpha value is -0.780. The average molecular weight is 211 g/mol. The molecule has 1 aliphatic rings. The molecule has 82 valence electrons. The summed E-state index contributed by atoms with van der Waals surface area (Å²) < 4.78 is 35.5. The summed E-state index contributed by atoms with van der Waals surface area (Å²) in [5.41, 5.74) is -0.680. The summed E-state index contributed by atoms with van der Waals surface area (Å²) in [4.78, 5) is 10.5. The Morgan fingerprint density at radius 1 is 1.50 bits per heavy atom. The molecule has 1 rings (SSSR count). The quantitative estimate of drug-likeness (QED) is 0.674. The normalized spacial score (nSPS) is 30.7. The molecule has 6 heteroatoms. The summed E-state index contributed by atoms with van der Waals surface area (Å²) in [6.45, 7) is 3.23. The molecule has 0 aliphatic heterocycles. The van der Waals surface area contributed by atoms with Crippen LogP contribution in [-0.4, -0.2) is 29.3 Å². The van der Waals surface area contributed by atoms with E-state index in [1.54, 1.807) is 13.8 Å². The first-order valence-electron chi connectivity index (χ1n) is 4.21. The molecule has 0 aromatic carbocycles. The minimum atomic E-state index is -4.85. The van der Waals surface area contributed by atoms with Gasteiger partial charge in [-0.25, -0.2) is 0 Å². The number of aliphatic hydroxyl groups is 1. The zero-order valence-electron chi connectivity index (χ0n) is 7.85. The predicted octanol–water partition coefficient (Wildman–Crippen LogP) is 0.824. The maximum atomic E-state index is 11.8. The number of alkyl halides is 3. The number of hydrogen-bond acceptors (Lipinski definition) is 2. The first kappa shape index (κ1) is 11.3. The van der Waals surface area contributed by atoms with E-state index in [-0.39, 0.29) is 6.42 Å². The third-order valence-electron chi connectivity index (χ3n) is 2.78. The number of carbonyl (C=O) groups is 1. The molecule has 0 radical (unpaired) electrons. The van der Waals surface area contributed by atoms with Crippen LogP contribution in [0, 0.1) is 5.41 Å². The first-order chi connectivity index (χ1) is 6.15. The van der Waals surface area contributed by atoms with Gasteiger partial charge in [-0.2, -0.15) is 13.2 Å². The molecule has 0 saturated heterocycles. The van der Waals surface area contributed by atoms with Crippen molar-refractivity contribution in [2.75, 3.05) is 0 Å². The summed E-state index contributed by atoms with van der Waals surface area (Å²) in [5, 5.41) is 11.1. The van der Waals surface area contributed by atoms with Crippen molar-refractivity contribution in [3.8, 4) is 0 Å². The second-order valence-electron chi connectivity index (χ2n) is 4.10. The lowest BCUT2D eigenvalue weighted by Gasteiger charge is -2.49. The maximum Gasteiger partial charge on any atom is 0.471 e. The summed E-state index contributed by atoms with van der Waals surface area (Å²) in [6, 6.07) is -0.605. The van der Waals surface area contributed by atoms with Crippen LogP contribution in [0.4, 0.5) is 13.2 Å². The van der Waals surface area contributed by atoms with Gasteiger partial charge in [-0.05, 0) is 6.42 Å². The highest BCUT2D eigenvalue weighted by molar-refractivity contribution is 5.82.